The summed E-state index contributed by atoms with van der Waals surface area (Å²) in [6.45, 7) is 11.4. The Hall–Kier alpha value is -2.48. The lowest BCUT2D eigenvalue weighted by atomic mass is 10.2. The zero-order chi connectivity index (χ0) is 22.6. The highest BCUT2D eigenvalue weighted by Crippen LogP contribution is 2.22. The molecule has 0 bridgehead atoms. The number of nitrogens with zero attached hydrogens (tertiary/aromatic N) is 1. The number of benzene rings is 1. The third-order valence-corrected chi connectivity index (χ3v) is 4.21. The Bertz CT molecular complexity index is 732. The van der Waals surface area contributed by atoms with Crippen molar-refractivity contribution in [2.75, 3.05) is 31.5 Å². The average molecular weight is 440 g/mol. The standard InChI is InChI=1S/C21H34ClN5O3/c1-6-23-19(24-12-8-13-26-20(29)30-21(3,4)5)25-14-11-18(28)27-17-10-7-9-16(22)15(17)2/h7,9-10H,6,8,11-14H2,1-5H3,(H,26,29)(H,27,28)(H2,23,24,25). The van der Waals surface area contributed by atoms with Gasteiger partial charge in [0.2, 0.25) is 5.91 Å². The summed E-state index contributed by atoms with van der Waals surface area (Å²) < 4.78 is 5.18. The molecule has 2 amide bonds. The van der Waals surface area contributed by atoms with Gasteiger partial charge < -0.3 is 26.0 Å². The molecule has 8 nitrogen and oxygen atoms in total. The van der Waals surface area contributed by atoms with Crippen molar-refractivity contribution in [3.05, 3.63) is 28.8 Å². The Balaban J connectivity index is 2.34. The number of amides is 2. The van der Waals surface area contributed by atoms with Crippen molar-refractivity contribution >= 4 is 35.2 Å². The number of guanidine groups is 1. The summed E-state index contributed by atoms with van der Waals surface area (Å²) in [7, 11) is 0. The molecule has 0 saturated carbocycles. The molecular weight excluding hydrogens is 406 g/mol. The lowest BCUT2D eigenvalue weighted by molar-refractivity contribution is -0.116. The van der Waals surface area contributed by atoms with Crippen LogP contribution in [0.1, 0.15) is 46.1 Å². The van der Waals surface area contributed by atoms with Gasteiger partial charge in [-0.25, -0.2) is 4.79 Å². The van der Waals surface area contributed by atoms with Crippen molar-refractivity contribution in [1.82, 2.24) is 16.0 Å². The molecule has 30 heavy (non-hydrogen) atoms. The highest BCUT2D eigenvalue weighted by Gasteiger charge is 2.15. The average Bonchev–Trinajstić information content (AvgIpc) is 2.63. The first-order chi connectivity index (χ1) is 14.1. The van der Waals surface area contributed by atoms with Gasteiger partial charge in [0, 0.05) is 43.3 Å². The van der Waals surface area contributed by atoms with Gasteiger partial charge in [0.05, 0.1) is 0 Å². The third kappa shape index (κ3) is 10.9. The van der Waals surface area contributed by atoms with Crippen LogP contribution in [0.4, 0.5) is 10.5 Å². The van der Waals surface area contributed by atoms with Gasteiger partial charge in [-0.3, -0.25) is 9.79 Å². The summed E-state index contributed by atoms with van der Waals surface area (Å²) in [6, 6.07) is 5.41. The molecule has 0 spiro atoms. The van der Waals surface area contributed by atoms with Crippen molar-refractivity contribution in [2.45, 2.75) is 53.1 Å². The Kier molecular flexibility index (Phi) is 11.0. The number of ether oxygens (including phenoxy) is 1. The van der Waals surface area contributed by atoms with E-state index in [4.69, 9.17) is 16.3 Å². The topological polar surface area (TPSA) is 104 Å². The highest BCUT2D eigenvalue weighted by atomic mass is 35.5. The first-order valence-corrected chi connectivity index (χ1v) is 10.5. The van der Waals surface area contributed by atoms with Crippen LogP contribution in [0.5, 0.6) is 0 Å². The predicted octanol–water partition coefficient (Wildman–Crippen LogP) is 3.45. The van der Waals surface area contributed by atoms with E-state index in [0.29, 0.717) is 49.3 Å². The van der Waals surface area contributed by atoms with E-state index in [1.165, 1.54) is 0 Å². The first-order valence-electron chi connectivity index (χ1n) is 10.2. The normalized spacial score (nSPS) is 11.6. The van der Waals surface area contributed by atoms with E-state index >= 15 is 0 Å². The molecule has 0 saturated heterocycles. The van der Waals surface area contributed by atoms with Crippen LogP contribution in [0.25, 0.3) is 0 Å². The first kappa shape index (κ1) is 25.6. The highest BCUT2D eigenvalue weighted by molar-refractivity contribution is 6.31. The molecule has 0 radical (unpaired) electrons. The maximum Gasteiger partial charge on any atom is 0.407 e. The molecule has 0 atom stereocenters. The quantitative estimate of drug-likeness (QED) is 0.268. The van der Waals surface area contributed by atoms with Crippen LogP contribution < -0.4 is 21.3 Å². The second-order valence-electron chi connectivity index (χ2n) is 7.68. The number of aliphatic imine (C=N–C) groups is 1. The summed E-state index contributed by atoms with van der Waals surface area (Å²) in [5, 5.41) is 12.5. The van der Waals surface area contributed by atoms with Gasteiger partial charge in [-0.1, -0.05) is 17.7 Å². The van der Waals surface area contributed by atoms with Gasteiger partial charge in [-0.2, -0.15) is 0 Å². The Morgan fingerprint density at radius 2 is 1.87 bits per heavy atom. The molecule has 0 fully saturated rings. The molecule has 9 heteroatoms. The van der Waals surface area contributed by atoms with E-state index in [0.717, 1.165) is 5.56 Å². The van der Waals surface area contributed by atoms with Gasteiger partial charge >= 0.3 is 6.09 Å². The number of carbonyl (C=O) groups is 2. The van der Waals surface area contributed by atoms with Crippen LogP contribution in [0, 0.1) is 6.92 Å². The smallest absolute Gasteiger partial charge is 0.407 e. The van der Waals surface area contributed by atoms with Crippen molar-refractivity contribution in [1.29, 1.82) is 0 Å². The Morgan fingerprint density at radius 1 is 1.13 bits per heavy atom. The van der Waals surface area contributed by atoms with E-state index in [2.05, 4.69) is 26.3 Å². The predicted molar refractivity (Wildman–Crippen MR) is 122 cm³/mol. The van der Waals surface area contributed by atoms with Crippen molar-refractivity contribution in [3.8, 4) is 0 Å². The molecule has 0 aromatic heterocycles. The second-order valence-corrected chi connectivity index (χ2v) is 8.09. The van der Waals surface area contributed by atoms with Gasteiger partial charge in [-0.15, -0.1) is 0 Å². The largest absolute Gasteiger partial charge is 0.444 e. The monoisotopic (exact) mass is 439 g/mol. The van der Waals surface area contributed by atoms with Crippen LogP contribution in [0.3, 0.4) is 0 Å². The van der Waals surface area contributed by atoms with E-state index < -0.39 is 11.7 Å². The van der Waals surface area contributed by atoms with E-state index in [-0.39, 0.29) is 12.3 Å². The summed E-state index contributed by atoms with van der Waals surface area (Å²) in [6.07, 6.45) is 0.526. The molecule has 1 aromatic carbocycles. The van der Waals surface area contributed by atoms with Gasteiger partial charge in [0.25, 0.3) is 0 Å². The zero-order valence-electron chi connectivity index (χ0n) is 18.5. The molecule has 0 aliphatic carbocycles. The lowest BCUT2D eigenvalue weighted by Crippen LogP contribution is -2.39. The fraction of sp³-hybridized carbons (Fsp3) is 0.571. The SMILES string of the molecule is CCNC(=NCCCNC(=O)OC(C)(C)C)NCCC(=O)Nc1cccc(Cl)c1C. The maximum absolute atomic E-state index is 12.2. The molecule has 0 aliphatic heterocycles. The van der Waals surface area contributed by atoms with Crippen LogP contribution in [0.15, 0.2) is 23.2 Å². The van der Waals surface area contributed by atoms with Crippen molar-refractivity contribution in [2.24, 2.45) is 4.99 Å². The second kappa shape index (κ2) is 13.0. The maximum atomic E-state index is 12.2. The summed E-state index contributed by atoms with van der Waals surface area (Å²) in [5.74, 6) is 0.520. The number of hydrogen-bond acceptors (Lipinski definition) is 4. The number of carbonyl (C=O) groups excluding carboxylic acids is 2. The van der Waals surface area contributed by atoms with Crippen LogP contribution in [-0.4, -0.2) is 49.7 Å². The number of rotatable bonds is 9. The molecule has 4 N–H and O–H groups in total. The van der Waals surface area contributed by atoms with Crippen LogP contribution >= 0.6 is 11.6 Å². The molecule has 1 aromatic rings. The summed E-state index contributed by atoms with van der Waals surface area (Å²) in [5.41, 5.74) is 1.04. The number of nitrogens with one attached hydrogen (secondary N) is 4. The molecular formula is C21H34ClN5O3. The van der Waals surface area contributed by atoms with Crippen molar-refractivity contribution < 1.29 is 14.3 Å². The Morgan fingerprint density at radius 3 is 2.53 bits per heavy atom. The van der Waals surface area contributed by atoms with E-state index in [9.17, 15) is 9.59 Å². The van der Waals surface area contributed by atoms with E-state index in [1.807, 2.05) is 40.7 Å². The lowest BCUT2D eigenvalue weighted by Gasteiger charge is -2.19. The number of hydrogen-bond donors (Lipinski definition) is 4. The third-order valence-electron chi connectivity index (χ3n) is 3.80. The number of alkyl carbamates (subject to hydrolysis) is 1. The number of halogens is 1. The van der Waals surface area contributed by atoms with E-state index in [1.54, 1.807) is 12.1 Å². The minimum absolute atomic E-state index is 0.106. The summed E-state index contributed by atoms with van der Waals surface area (Å²) >= 11 is 6.08. The van der Waals surface area contributed by atoms with Crippen LogP contribution in [0.2, 0.25) is 5.02 Å². The molecule has 1 rings (SSSR count). The van der Waals surface area contributed by atoms with Crippen LogP contribution in [-0.2, 0) is 9.53 Å². The Labute approximate surface area is 184 Å². The van der Waals surface area contributed by atoms with Gasteiger partial charge in [0.15, 0.2) is 5.96 Å². The van der Waals surface area contributed by atoms with Crippen molar-refractivity contribution in [3.63, 3.8) is 0 Å². The molecule has 0 unspecified atom stereocenters. The molecule has 0 heterocycles. The van der Waals surface area contributed by atoms with Gasteiger partial charge in [-0.05, 0) is 58.7 Å². The molecule has 168 valence electrons. The zero-order valence-corrected chi connectivity index (χ0v) is 19.3. The minimum Gasteiger partial charge on any atom is -0.444 e. The summed E-state index contributed by atoms with van der Waals surface area (Å²) in [4.78, 5) is 28.2. The molecule has 0 aliphatic rings. The fourth-order valence-corrected chi connectivity index (χ4v) is 2.54. The number of anilines is 1. The minimum atomic E-state index is -0.512. The van der Waals surface area contributed by atoms with Gasteiger partial charge in [0.1, 0.15) is 5.60 Å². The fourth-order valence-electron chi connectivity index (χ4n) is 2.37.